The van der Waals surface area contributed by atoms with E-state index in [2.05, 4.69) is 37.6 Å². The number of para-hydroxylation sites is 2. The van der Waals surface area contributed by atoms with Gasteiger partial charge in [-0.05, 0) is 73.8 Å². The van der Waals surface area contributed by atoms with Crippen molar-refractivity contribution in [3.05, 3.63) is 84.1 Å². The summed E-state index contributed by atoms with van der Waals surface area (Å²) < 4.78 is 16.8. The standard InChI is InChI=1S/C28H28FN5S2/c29-22-9-7-21(8-10-22)19-34-25-6-2-1-4-23(25)31-26(34)18-20-11-14-33(15-12-20)16-17-35-28-32-24-5-3-13-30-27(24)36-28/h1-10,13,20H,11-12,14-19H2. The highest BCUT2D eigenvalue weighted by molar-refractivity contribution is 8.01. The summed E-state index contributed by atoms with van der Waals surface area (Å²) in [5.74, 6) is 2.63. The highest BCUT2D eigenvalue weighted by Crippen LogP contribution is 2.29. The molecule has 184 valence electrons. The van der Waals surface area contributed by atoms with E-state index in [0.29, 0.717) is 12.5 Å². The zero-order valence-corrected chi connectivity index (χ0v) is 21.6. The third-order valence-corrected chi connectivity index (χ3v) is 9.05. The summed E-state index contributed by atoms with van der Waals surface area (Å²) in [4.78, 5) is 17.7. The normalized spacial score (nSPS) is 15.2. The number of rotatable bonds is 8. The molecule has 3 aromatic heterocycles. The van der Waals surface area contributed by atoms with Crippen molar-refractivity contribution >= 4 is 44.5 Å². The fourth-order valence-corrected chi connectivity index (χ4v) is 7.03. The largest absolute Gasteiger partial charge is 0.323 e. The van der Waals surface area contributed by atoms with Crippen molar-refractivity contribution in [3.8, 4) is 0 Å². The number of halogens is 1. The third-order valence-electron chi connectivity index (χ3n) is 6.95. The molecule has 6 rings (SSSR count). The van der Waals surface area contributed by atoms with Crippen molar-refractivity contribution in [1.29, 1.82) is 0 Å². The van der Waals surface area contributed by atoms with Crippen molar-refractivity contribution in [2.45, 2.75) is 30.1 Å². The smallest absolute Gasteiger partial charge is 0.152 e. The van der Waals surface area contributed by atoms with Crippen molar-refractivity contribution in [3.63, 3.8) is 0 Å². The maximum atomic E-state index is 13.4. The van der Waals surface area contributed by atoms with E-state index in [1.807, 2.05) is 48.3 Å². The van der Waals surface area contributed by atoms with Gasteiger partial charge in [0, 0.05) is 31.5 Å². The molecule has 0 saturated carbocycles. The zero-order valence-electron chi connectivity index (χ0n) is 20.0. The summed E-state index contributed by atoms with van der Waals surface area (Å²) in [6, 6.07) is 19.1. The molecule has 0 N–H and O–H groups in total. The second kappa shape index (κ2) is 10.7. The van der Waals surface area contributed by atoms with Crippen LogP contribution in [0.5, 0.6) is 0 Å². The summed E-state index contributed by atoms with van der Waals surface area (Å²) in [5, 5.41) is 0. The Morgan fingerprint density at radius 3 is 2.58 bits per heavy atom. The minimum absolute atomic E-state index is 0.197. The van der Waals surface area contributed by atoms with Gasteiger partial charge in [-0.2, -0.15) is 0 Å². The molecule has 1 fully saturated rings. The van der Waals surface area contributed by atoms with Crippen molar-refractivity contribution in [2.75, 3.05) is 25.4 Å². The molecule has 0 unspecified atom stereocenters. The van der Waals surface area contributed by atoms with Crippen LogP contribution in [0, 0.1) is 11.7 Å². The Hall–Kier alpha value is -2.81. The number of hydrogen-bond donors (Lipinski definition) is 0. The molecule has 5 aromatic rings. The first-order valence-corrected chi connectivity index (χ1v) is 14.3. The van der Waals surface area contributed by atoms with E-state index in [4.69, 9.17) is 4.98 Å². The Morgan fingerprint density at radius 1 is 0.944 bits per heavy atom. The molecule has 4 heterocycles. The first-order valence-electron chi connectivity index (χ1n) is 12.5. The fraction of sp³-hybridized carbons (Fsp3) is 0.321. The Kier molecular flexibility index (Phi) is 6.98. The maximum Gasteiger partial charge on any atom is 0.152 e. The Balaban J connectivity index is 1.05. The van der Waals surface area contributed by atoms with Gasteiger partial charge >= 0.3 is 0 Å². The second-order valence-electron chi connectivity index (χ2n) is 9.37. The van der Waals surface area contributed by atoms with Crippen LogP contribution in [0.3, 0.4) is 0 Å². The van der Waals surface area contributed by atoms with Gasteiger partial charge in [-0.15, -0.1) is 0 Å². The zero-order chi connectivity index (χ0) is 24.3. The van der Waals surface area contributed by atoms with E-state index >= 15 is 0 Å². The molecule has 2 aromatic carbocycles. The molecular formula is C28H28FN5S2. The summed E-state index contributed by atoms with van der Waals surface area (Å²) >= 11 is 3.52. The van der Waals surface area contributed by atoms with E-state index in [0.717, 1.165) is 68.9 Å². The number of benzene rings is 2. The van der Waals surface area contributed by atoms with Gasteiger partial charge in [-0.1, -0.05) is 47.4 Å². The van der Waals surface area contributed by atoms with Crippen LogP contribution in [0.2, 0.25) is 0 Å². The van der Waals surface area contributed by atoms with Crippen molar-refractivity contribution in [1.82, 2.24) is 24.4 Å². The lowest BCUT2D eigenvalue weighted by Crippen LogP contribution is -2.36. The summed E-state index contributed by atoms with van der Waals surface area (Å²) in [6.45, 7) is 4.06. The summed E-state index contributed by atoms with van der Waals surface area (Å²) in [6.07, 6.45) is 5.19. The lowest BCUT2D eigenvalue weighted by molar-refractivity contribution is 0.192. The van der Waals surface area contributed by atoms with E-state index in [1.54, 1.807) is 11.3 Å². The van der Waals surface area contributed by atoms with Gasteiger partial charge < -0.3 is 9.47 Å². The fourth-order valence-electron chi connectivity index (χ4n) is 4.98. The predicted octanol–water partition coefficient (Wildman–Crippen LogP) is 6.28. The molecule has 1 aliphatic rings. The summed E-state index contributed by atoms with van der Waals surface area (Å²) in [5.41, 5.74) is 4.28. The van der Waals surface area contributed by atoms with Gasteiger partial charge in [0.05, 0.1) is 11.0 Å². The first-order chi connectivity index (χ1) is 17.7. The number of thioether (sulfide) groups is 1. The van der Waals surface area contributed by atoms with Crippen LogP contribution in [0.1, 0.15) is 24.2 Å². The van der Waals surface area contributed by atoms with E-state index in [9.17, 15) is 4.39 Å². The monoisotopic (exact) mass is 517 g/mol. The minimum Gasteiger partial charge on any atom is -0.323 e. The Bertz CT molecular complexity index is 1420. The Morgan fingerprint density at radius 2 is 1.75 bits per heavy atom. The van der Waals surface area contributed by atoms with Crippen LogP contribution in [0.25, 0.3) is 21.4 Å². The molecule has 1 saturated heterocycles. The minimum atomic E-state index is -0.197. The van der Waals surface area contributed by atoms with Crippen molar-refractivity contribution < 1.29 is 4.39 Å². The number of imidazole rings is 1. The number of pyridine rings is 1. The number of likely N-dealkylation sites (tertiary alicyclic amines) is 1. The van der Waals surface area contributed by atoms with Crippen LogP contribution >= 0.6 is 23.1 Å². The van der Waals surface area contributed by atoms with Gasteiger partial charge in [0.1, 0.15) is 22.0 Å². The molecule has 36 heavy (non-hydrogen) atoms. The quantitative estimate of drug-likeness (QED) is 0.227. The maximum absolute atomic E-state index is 13.4. The molecule has 0 spiro atoms. The van der Waals surface area contributed by atoms with Crippen LogP contribution in [-0.4, -0.2) is 49.8 Å². The number of hydrogen-bond acceptors (Lipinski definition) is 6. The summed E-state index contributed by atoms with van der Waals surface area (Å²) in [7, 11) is 0. The molecule has 0 bridgehead atoms. The molecule has 0 atom stereocenters. The van der Waals surface area contributed by atoms with Crippen LogP contribution < -0.4 is 0 Å². The van der Waals surface area contributed by atoms with Gasteiger partial charge in [0.25, 0.3) is 0 Å². The number of fused-ring (bicyclic) bond motifs is 2. The second-order valence-corrected chi connectivity index (χ2v) is 11.7. The van der Waals surface area contributed by atoms with E-state index < -0.39 is 0 Å². The topological polar surface area (TPSA) is 46.8 Å². The molecule has 0 amide bonds. The third kappa shape index (κ3) is 5.31. The number of aromatic nitrogens is 4. The van der Waals surface area contributed by atoms with Crippen molar-refractivity contribution in [2.24, 2.45) is 5.92 Å². The molecule has 5 nitrogen and oxygen atoms in total. The Labute approximate surface area is 218 Å². The van der Waals surface area contributed by atoms with Crippen LogP contribution in [0.4, 0.5) is 4.39 Å². The number of piperidine rings is 1. The highest BCUT2D eigenvalue weighted by atomic mass is 32.2. The number of nitrogens with zero attached hydrogens (tertiary/aromatic N) is 5. The lowest BCUT2D eigenvalue weighted by Gasteiger charge is -2.31. The molecule has 0 radical (unpaired) electrons. The van der Waals surface area contributed by atoms with E-state index in [-0.39, 0.29) is 5.82 Å². The molecule has 1 aliphatic heterocycles. The SMILES string of the molecule is Fc1ccc(Cn2c(CC3CCN(CCSc4nc5cccnc5s4)CC3)nc3ccccc32)cc1. The van der Waals surface area contributed by atoms with Gasteiger partial charge in [-0.3, -0.25) is 0 Å². The number of thiazole rings is 1. The van der Waals surface area contributed by atoms with Gasteiger partial charge in [0.2, 0.25) is 0 Å². The van der Waals surface area contributed by atoms with Gasteiger partial charge in [-0.25, -0.2) is 19.3 Å². The lowest BCUT2D eigenvalue weighted by atomic mass is 9.93. The molecular weight excluding hydrogens is 489 g/mol. The first kappa shape index (κ1) is 23.6. The van der Waals surface area contributed by atoms with E-state index in [1.165, 1.54) is 25.0 Å². The van der Waals surface area contributed by atoms with Gasteiger partial charge in [0.15, 0.2) is 4.34 Å². The average Bonchev–Trinajstić information content (AvgIpc) is 3.47. The molecule has 8 heteroatoms. The van der Waals surface area contributed by atoms with Crippen LogP contribution in [-0.2, 0) is 13.0 Å². The molecule has 0 aliphatic carbocycles. The highest BCUT2D eigenvalue weighted by Gasteiger charge is 2.22. The predicted molar refractivity (Wildman–Crippen MR) is 146 cm³/mol. The average molecular weight is 518 g/mol. The van der Waals surface area contributed by atoms with Crippen LogP contribution in [0.15, 0.2) is 71.2 Å².